The highest BCUT2D eigenvalue weighted by molar-refractivity contribution is 5.87. The Bertz CT molecular complexity index is 913. The van der Waals surface area contributed by atoms with E-state index in [4.69, 9.17) is 14.2 Å². The van der Waals surface area contributed by atoms with Crippen molar-refractivity contribution in [3.63, 3.8) is 0 Å². The third-order valence-electron chi connectivity index (χ3n) is 5.76. The van der Waals surface area contributed by atoms with Gasteiger partial charge in [0.05, 0.1) is 21.3 Å². The second kappa shape index (κ2) is 12.7. The Hall–Kier alpha value is -3.22. The maximum Gasteiger partial charge on any atom is 0.242 e. The zero-order valence-corrected chi connectivity index (χ0v) is 20.5. The van der Waals surface area contributed by atoms with Crippen LogP contribution in [0, 0.1) is 0 Å². The maximum absolute atomic E-state index is 13.3. The summed E-state index contributed by atoms with van der Waals surface area (Å²) in [4.78, 5) is 27.7. The minimum atomic E-state index is -0.598. The van der Waals surface area contributed by atoms with Crippen LogP contribution in [0.4, 0.5) is 0 Å². The smallest absolute Gasteiger partial charge is 0.242 e. The summed E-state index contributed by atoms with van der Waals surface area (Å²) in [5, 5.41) is 2.99. The molecule has 0 saturated carbocycles. The number of aryl methyl sites for hydroxylation is 1. The summed E-state index contributed by atoms with van der Waals surface area (Å²) in [5.74, 6) is 1.76. The van der Waals surface area contributed by atoms with Crippen molar-refractivity contribution in [3.8, 4) is 17.2 Å². The Labute approximate surface area is 197 Å². The summed E-state index contributed by atoms with van der Waals surface area (Å²) in [6.45, 7) is 6.08. The standard InChI is InChI=1S/C26H36N2O5/c1-7-18(2)27-26(30)19(3)28(17-21-8-12-22(31-4)13-9-21)25(29)15-11-20-10-14-23(32-5)24(16-20)33-6/h8-10,12-14,16,18-19H,7,11,15,17H2,1-6H3,(H,27,30)/t18-,19+/m0/s1. The zero-order valence-electron chi connectivity index (χ0n) is 20.5. The van der Waals surface area contributed by atoms with E-state index in [2.05, 4.69) is 5.32 Å². The van der Waals surface area contributed by atoms with Gasteiger partial charge in [-0.2, -0.15) is 0 Å². The first kappa shape index (κ1) is 26.0. The third-order valence-corrected chi connectivity index (χ3v) is 5.76. The zero-order chi connectivity index (χ0) is 24.4. The molecule has 0 saturated heterocycles. The number of carbonyl (C=O) groups excluding carboxylic acids is 2. The van der Waals surface area contributed by atoms with Crippen LogP contribution >= 0.6 is 0 Å². The molecule has 33 heavy (non-hydrogen) atoms. The first-order valence-corrected chi connectivity index (χ1v) is 11.3. The summed E-state index contributed by atoms with van der Waals surface area (Å²) in [6.07, 6.45) is 1.62. The van der Waals surface area contributed by atoms with E-state index < -0.39 is 6.04 Å². The second-order valence-electron chi connectivity index (χ2n) is 8.05. The molecule has 0 radical (unpaired) electrons. The Morgan fingerprint density at radius 3 is 2.12 bits per heavy atom. The number of benzene rings is 2. The van der Waals surface area contributed by atoms with Crippen LogP contribution in [-0.2, 0) is 22.6 Å². The van der Waals surface area contributed by atoms with E-state index in [1.165, 1.54) is 0 Å². The molecule has 0 fully saturated rings. The lowest BCUT2D eigenvalue weighted by molar-refractivity contribution is -0.140. The maximum atomic E-state index is 13.3. The van der Waals surface area contributed by atoms with E-state index in [0.29, 0.717) is 24.5 Å². The van der Waals surface area contributed by atoms with E-state index in [9.17, 15) is 9.59 Å². The van der Waals surface area contributed by atoms with Crippen LogP contribution < -0.4 is 19.5 Å². The Morgan fingerprint density at radius 1 is 0.909 bits per heavy atom. The summed E-state index contributed by atoms with van der Waals surface area (Å²) in [7, 11) is 4.78. The number of methoxy groups -OCH3 is 3. The molecule has 2 atom stereocenters. The van der Waals surface area contributed by atoms with Gasteiger partial charge in [-0.15, -0.1) is 0 Å². The molecule has 0 unspecified atom stereocenters. The van der Waals surface area contributed by atoms with Gasteiger partial charge in [0.2, 0.25) is 11.8 Å². The van der Waals surface area contributed by atoms with E-state index in [0.717, 1.165) is 23.3 Å². The molecular formula is C26H36N2O5. The molecule has 0 heterocycles. The number of ether oxygens (including phenoxy) is 3. The number of hydrogen-bond acceptors (Lipinski definition) is 5. The topological polar surface area (TPSA) is 77.1 Å². The molecule has 0 aliphatic heterocycles. The summed E-state index contributed by atoms with van der Waals surface area (Å²) >= 11 is 0. The predicted octanol–water partition coefficient (Wildman–Crippen LogP) is 3.98. The average molecular weight is 457 g/mol. The largest absolute Gasteiger partial charge is 0.497 e. The molecule has 2 rings (SSSR count). The Kier molecular flexibility index (Phi) is 10.0. The van der Waals surface area contributed by atoms with Gasteiger partial charge in [0.25, 0.3) is 0 Å². The van der Waals surface area contributed by atoms with Crippen LogP contribution in [-0.4, -0.2) is 50.1 Å². The van der Waals surface area contributed by atoms with Gasteiger partial charge in [0.1, 0.15) is 11.8 Å². The fourth-order valence-electron chi connectivity index (χ4n) is 3.41. The number of amides is 2. The van der Waals surface area contributed by atoms with Gasteiger partial charge in [-0.1, -0.05) is 25.1 Å². The van der Waals surface area contributed by atoms with Crippen molar-refractivity contribution in [2.45, 2.75) is 58.7 Å². The van der Waals surface area contributed by atoms with Crippen LogP contribution in [0.25, 0.3) is 0 Å². The summed E-state index contributed by atoms with van der Waals surface area (Å²) in [5.41, 5.74) is 1.89. The number of nitrogens with zero attached hydrogens (tertiary/aromatic N) is 1. The van der Waals surface area contributed by atoms with Crippen LogP contribution in [0.15, 0.2) is 42.5 Å². The summed E-state index contributed by atoms with van der Waals surface area (Å²) < 4.78 is 15.9. The van der Waals surface area contributed by atoms with Crippen LogP contribution in [0.1, 0.15) is 44.7 Å². The van der Waals surface area contributed by atoms with Gasteiger partial charge in [0, 0.05) is 19.0 Å². The molecule has 0 spiro atoms. The molecule has 1 N–H and O–H groups in total. The monoisotopic (exact) mass is 456 g/mol. The van der Waals surface area contributed by atoms with Crippen molar-refractivity contribution in [2.24, 2.45) is 0 Å². The highest BCUT2D eigenvalue weighted by Gasteiger charge is 2.26. The van der Waals surface area contributed by atoms with Gasteiger partial charge in [-0.3, -0.25) is 9.59 Å². The average Bonchev–Trinajstić information content (AvgIpc) is 2.85. The molecule has 0 bridgehead atoms. The first-order chi connectivity index (χ1) is 15.8. The lowest BCUT2D eigenvalue weighted by atomic mass is 10.1. The van der Waals surface area contributed by atoms with Gasteiger partial charge in [-0.25, -0.2) is 0 Å². The van der Waals surface area contributed by atoms with E-state index in [1.807, 2.05) is 56.3 Å². The highest BCUT2D eigenvalue weighted by Crippen LogP contribution is 2.28. The molecule has 7 heteroatoms. The number of hydrogen-bond donors (Lipinski definition) is 1. The van der Waals surface area contributed by atoms with Crippen molar-refractivity contribution >= 4 is 11.8 Å². The molecule has 180 valence electrons. The quantitative estimate of drug-likeness (QED) is 0.523. The lowest BCUT2D eigenvalue weighted by Crippen LogP contribution is -2.49. The molecule has 0 aliphatic carbocycles. The van der Waals surface area contributed by atoms with E-state index in [-0.39, 0.29) is 24.3 Å². The van der Waals surface area contributed by atoms with Crippen molar-refractivity contribution < 1.29 is 23.8 Å². The van der Waals surface area contributed by atoms with E-state index >= 15 is 0 Å². The predicted molar refractivity (Wildman–Crippen MR) is 129 cm³/mol. The van der Waals surface area contributed by atoms with Gasteiger partial charge >= 0.3 is 0 Å². The fourth-order valence-corrected chi connectivity index (χ4v) is 3.41. The fraction of sp³-hybridized carbons (Fsp3) is 0.462. The first-order valence-electron chi connectivity index (χ1n) is 11.3. The summed E-state index contributed by atoms with van der Waals surface area (Å²) in [6, 6.07) is 12.6. The molecule has 2 aromatic rings. The minimum Gasteiger partial charge on any atom is -0.497 e. The normalized spacial score (nSPS) is 12.4. The van der Waals surface area contributed by atoms with Crippen LogP contribution in [0.5, 0.6) is 17.2 Å². The third kappa shape index (κ3) is 7.41. The van der Waals surface area contributed by atoms with E-state index in [1.54, 1.807) is 33.2 Å². The molecule has 2 amide bonds. The van der Waals surface area contributed by atoms with Gasteiger partial charge in [-0.05, 0) is 62.1 Å². The lowest BCUT2D eigenvalue weighted by Gasteiger charge is -2.30. The van der Waals surface area contributed by atoms with Gasteiger partial charge in [0.15, 0.2) is 11.5 Å². The van der Waals surface area contributed by atoms with Crippen molar-refractivity contribution in [2.75, 3.05) is 21.3 Å². The van der Waals surface area contributed by atoms with Crippen molar-refractivity contribution in [1.29, 1.82) is 0 Å². The molecule has 0 aromatic heterocycles. The van der Waals surface area contributed by atoms with Crippen molar-refractivity contribution in [3.05, 3.63) is 53.6 Å². The van der Waals surface area contributed by atoms with Crippen LogP contribution in [0.3, 0.4) is 0 Å². The Balaban J connectivity index is 2.18. The minimum absolute atomic E-state index is 0.0460. The molecule has 0 aliphatic rings. The molecule has 7 nitrogen and oxygen atoms in total. The molecule has 2 aromatic carbocycles. The molecular weight excluding hydrogens is 420 g/mol. The van der Waals surface area contributed by atoms with Gasteiger partial charge < -0.3 is 24.4 Å². The number of rotatable bonds is 12. The SMILES string of the molecule is CC[C@H](C)NC(=O)[C@@H](C)N(Cc1ccc(OC)cc1)C(=O)CCc1ccc(OC)c(OC)c1. The second-order valence-corrected chi connectivity index (χ2v) is 8.05. The van der Waals surface area contributed by atoms with Crippen molar-refractivity contribution in [1.82, 2.24) is 10.2 Å². The Morgan fingerprint density at radius 2 is 1.55 bits per heavy atom. The highest BCUT2D eigenvalue weighted by atomic mass is 16.5. The van der Waals surface area contributed by atoms with Crippen LogP contribution in [0.2, 0.25) is 0 Å². The number of nitrogens with one attached hydrogen (secondary N) is 1. The number of carbonyl (C=O) groups is 2.